The number of rotatable bonds is 9. The molecule has 1 aromatic heterocycles. The van der Waals surface area contributed by atoms with Gasteiger partial charge in [0, 0.05) is 5.56 Å². The Balaban J connectivity index is 1.76. The molecule has 9 heteroatoms. The summed E-state index contributed by atoms with van der Waals surface area (Å²) in [6.45, 7) is 5.96. The second-order valence-electron chi connectivity index (χ2n) is 8.98. The van der Waals surface area contributed by atoms with Crippen LogP contribution in [0.15, 0.2) is 105 Å². The van der Waals surface area contributed by atoms with Crippen molar-refractivity contribution in [3.63, 3.8) is 0 Å². The number of hydrogen-bond donors (Lipinski definition) is 0. The molecule has 0 N–H and O–H groups in total. The number of carbonyl (C=O) groups excluding carboxylic acids is 1. The maximum absolute atomic E-state index is 14.0. The molecule has 0 radical (unpaired) electrons. The quantitative estimate of drug-likeness (QED) is 0.186. The summed E-state index contributed by atoms with van der Waals surface area (Å²) < 4.78 is 19.5. The fraction of sp³-hybridized carbons (Fsp3) is 0.156. The Morgan fingerprint density at radius 3 is 2.49 bits per heavy atom. The number of carbonyl (C=O) groups is 1. The normalized spacial score (nSPS) is 14.7. The molecule has 0 spiro atoms. The summed E-state index contributed by atoms with van der Waals surface area (Å²) in [5.41, 5.74) is 2.81. The zero-order valence-electron chi connectivity index (χ0n) is 22.5. The van der Waals surface area contributed by atoms with Gasteiger partial charge in [0.2, 0.25) is 0 Å². The van der Waals surface area contributed by atoms with Gasteiger partial charge in [-0.25, -0.2) is 9.79 Å². The van der Waals surface area contributed by atoms with Crippen LogP contribution in [-0.2, 0) is 9.53 Å². The third-order valence-electron chi connectivity index (χ3n) is 6.38. The van der Waals surface area contributed by atoms with E-state index in [0.717, 1.165) is 16.7 Å². The largest absolute Gasteiger partial charge is 0.493 e. The van der Waals surface area contributed by atoms with E-state index in [2.05, 4.69) is 22.5 Å². The van der Waals surface area contributed by atoms with Crippen molar-refractivity contribution in [2.75, 3.05) is 20.3 Å². The Hall–Kier alpha value is -4.21. The molecular weight excluding hydrogens is 604 g/mol. The van der Waals surface area contributed by atoms with Gasteiger partial charge in [-0.05, 0) is 52.2 Å². The van der Waals surface area contributed by atoms with Gasteiger partial charge in [0.15, 0.2) is 16.3 Å². The molecule has 208 valence electrons. The Labute approximate surface area is 249 Å². The predicted octanol–water partition coefficient (Wildman–Crippen LogP) is 5.27. The lowest BCUT2D eigenvalue weighted by molar-refractivity contribution is -0.138. The highest BCUT2D eigenvalue weighted by Gasteiger charge is 2.35. The van der Waals surface area contributed by atoms with Crippen molar-refractivity contribution in [1.29, 1.82) is 0 Å². The van der Waals surface area contributed by atoms with Crippen LogP contribution in [0.4, 0.5) is 0 Å². The van der Waals surface area contributed by atoms with E-state index in [-0.39, 0.29) is 12.2 Å². The van der Waals surface area contributed by atoms with E-state index in [9.17, 15) is 9.59 Å². The van der Waals surface area contributed by atoms with Crippen molar-refractivity contribution in [3.05, 3.63) is 132 Å². The SMILES string of the molecule is C=CCOc1c(Br)cc(/C=c2\sc3n(c2=O)[C@@H](c2ccccc2)C(C(=O)OCC)=C(c2ccccc2)N=3)cc1OC. The first-order chi connectivity index (χ1) is 20.0. The molecule has 0 fully saturated rings. The molecule has 0 amide bonds. The average molecular weight is 632 g/mol. The number of hydrogen-bond acceptors (Lipinski definition) is 7. The van der Waals surface area contributed by atoms with Gasteiger partial charge in [0.05, 0.1) is 40.0 Å². The highest BCUT2D eigenvalue weighted by molar-refractivity contribution is 9.10. The van der Waals surface area contributed by atoms with Crippen molar-refractivity contribution >= 4 is 45.0 Å². The molecule has 41 heavy (non-hydrogen) atoms. The average Bonchev–Trinajstić information content (AvgIpc) is 3.30. The Morgan fingerprint density at radius 1 is 1.12 bits per heavy atom. The van der Waals surface area contributed by atoms with Crippen LogP contribution in [0.3, 0.4) is 0 Å². The predicted molar refractivity (Wildman–Crippen MR) is 164 cm³/mol. The fourth-order valence-corrected chi connectivity index (χ4v) is 6.22. The number of benzene rings is 3. The molecule has 0 bridgehead atoms. The van der Waals surface area contributed by atoms with E-state index in [4.69, 9.17) is 19.2 Å². The molecule has 2 heterocycles. The first-order valence-corrected chi connectivity index (χ1v) is 14.5. The molecule has 0 saturated carbocycles. The Morgan fingerprint density at radius 2 is 1.83 bits per heavy atom. The highest BCUT2D eigenvalue weighted by Crippen LogP contribution is 2.37. The van der Waals surface area contributed by atoms with Crippen LogP contribution in [0.25, 0.3) is 11.8 Å². The van der Waals surface area contributed by atoms with Crippen molar-refractivity contribution in [2.45, 2.75) is 13.0 Å². The second kappa shape index (κ2) is 12.5. The minimum atomic E-state index is -0.722. The van der Waals surface area contributed by atoms with Gasteiger partial charge < -0.3 is 14.2 Å². The monoisotopic (exact) mass is 630 g/mol. The van der Waals surface area contributed by atoms with Crippen molar-refractivity contribution in [1.82, 2.24) is 4.57 Å². The van der Waals surface area contributed by atoms with Crippen LogP contribution in [0.5, 0.6) is 11.5 Å². The lowest BCUT2D eigenvalue weighted by Crippen LogP contribution is -2.39. The molecule has 1 aliphatic rings. The summed E-state index contributed by atoms with van der Waals surface area (Å²) in [6, 6.07) is 21.9. The summed E-state index contributed by atoms with van der Waals surface area (Å²) in [5, 5.41) is 0. The maximum atomic E-state index is 14.0. The van der Waals surface area contributed by atoms with E-state index in [1.165, 1.54) is 11.3 Å². The van der Waals surface area contributed by atoms with Crippen molar-refractivity contribution < 1.29 is 19.0 Å². The van der Waals surface area contributed by atoms with Crippen LogP contribution in [0.1, 0.15) is 29.7 Å². The number of fused-ring (bicyclic) bond motifs is 1. The van der Waals surface area contributed by atoms with Crippen LogP contribution >= 0.6 is 27.3 Å². The molecule has 0 saturated heterocycles. The Kier molecular flexibility index (Phi) is 8.66. The summed E-state index contributed by atoms with van der Waals surface area (Å²) in [7, 11) is 1.56. The smallest absolute Gasteiger partial charge is 0.338 e. The molecule has 0 aliphatic carbocycles. The standard InChI is InChI=1S/C32H27BrN2O5S/c1-4-16-40-29-23(33)17-20(18-24(29)38-3)19-25-30(36)35-28(22-14-10-7-11-15-22)26(31(37)39-5-2)27(34-32(35)41-25)21-12-8-6-9-13-21/h4,6-15,17-19,28H,1,5,16H2,2-3H3/b25-19-/t28-/m0/s1. The Bertz CT molecular complexity index is 1810. The van der Waals surface area contributed by atoms with E-state index in [1.54, 1.807) is 36.8 Å². The van der Waals surface area contributed by atoms with Crippen LogP contribution in [0, 0.1) is 0 Å². The molecule has 3 aromatic carbocycles. The van der Waals surface area contributed by atoms with Crippen molar-refractivity contribution in [3.8, 4) is 11.5 Å². The van der Waals surface area contributed by atoms with Gasteiger partial charge in [-0.3, -0.25) is 9.36 Å². The minimum Gasteiger partial charge on any atom is -0.493 e. The zero-order chi connectivity index (χ0) is 28.9. The molecule has 0 unspecified atom stereocenters. The van der Waals surface area contributed by atoms with Crippen molar-refractivity contribution in [2.24, 2.45) is 4.99 Å². The summed E-state index contributed by atoms with van der Waals surface area (Å²) in [4.78, 5) is 32.9. The van der Waals surface area contributed by atoms with Crippen LogP contribution < -0.4 is 24.4 Å². The van der Waals surface area contributed by atoms with E-state index in [1.807, 2.05) is 66.7 Å². The highest BCUT2D eigenvalue weighted by atomic mass is 79.9. The molecule has 5 rings (SSSR count). The third-order valence-corrected chi connectivity index (χ3v) is 7.96. The fourth-order valence-electron chi connectivity index (χ4n) is 4.65. The van der Waals surface area contributed by atoms with Gasteiger partial charge in [-0.1, -0.05) is 84.7 Å². The molecular formula is C32H27BrN2O5S. The third kappa shape index (κ3) is 5.68. The number of ether oxygens (including phenoxy) is 3. The second-order valence-corrected chi connectivity index (χ2v) is 10.8. The van der Waals surface area contributed by atoms with Crippen LogP contribution in [-0.4, -0.2) is 30.9 Å². The molecule has 4 aromatic rings. The van der Waals surface area contributed by atoms with E-state index >= 15 is 0 Å². The van der Waals surface area contributed by atoms with E-state index < -0.39 is 12.0 Å². The molecule has 1 aliphatic heterocycles. The summed E-state index contributed by atoms with van der Waals surface area (Å²) >= 11 is 4.81. The molecule has 7 nitrogen and oxygen atoms in total. The maximum Gasteiger partial charge on any atom is 0.338 e. The number of esters is 1. The van der Waals surface area contributed by atoms with Gasteiger partial charge >= 0.3 is 5.97 Å². The summed E-state index contributed by atoms with van der Waals surface area (Å²) in [5.74, 6) is 0.544. The van der Waals surface area contributed by atoms with Gasteiger partial charge in [0.1, 0.15) is 6.61 Å². The van der Waals surface area contributed by atoms with Gasteiger partial charge in [-0.2, -0.15) is 0 Å². The molecule has 1 atom stereocenters. The zero-order valence-corrected chi connectivity index (χ0v) is 24.9. The number of halogens is 1. The number of nitrogens with zero attached hydrogens (tertiary/aromatic N) is 2. The van der Waals surface area contributed by atoms with E-state index in [0.29, 0.717) is 43.2 Å². The van der Waals surface area contributed by atoms with Crippen LogP contribution in [0.2, 0.25) is 0 Å². The minimum absolute atomic E-state index is 0.194. The van der Waals surface area contributed by atoms with Gasteiger partial charge in [0.25, 0.3) is 5.56 Å². The first kappa shape index (κ1) is 28.3. The lowest BCUT2D eigenvalue weighted by atomic mass is 9.93. The number of thiazole rings is 1. The number of aromatic nitrogens is 1. The number of methoxy groups -OCH3 is 1. The first-order valence-electron chi connectivity index (χ1n) is 12.9. The lowest BCUT2D eigenvalue weighted by Gasteiger charge is -2.25. The topological polar surface area (TPSA) is 79.1 Å². The summed E-state index contributed by atoms with van der Waals surface area (Å²) in [6.07, 6.45) is 3.44. The van der Waals surface area contributed by atoms with Gasteiger partial charge in [-0.15, -0.1) is 0 Å².